The number of benzene rings is 1. The molecule has 0 unspecified atom stereocenters. The van der Waals surface area contributed by atoms with Gasteiger partial charge in [-0.1, -0.05) is 32.4 Å². The molecule has 0 saturated heterocycles. The van der Waals surface area contributed by atoms with Gasteiger partial charge in [-0.25, -0.2) is 4.79 Å². The summed E-state index contributed by atoms with van der Waals surface area (Å²) >= 11 is 6.11. The first-order valence-electron chi connectivity index (χ1n) is 5.93. The van der Waals surface area contributed by atoms with Gasteiger partial charge in [-0.15, -0.1) is 0 Å². The van der Waals surface area contributed by atoms with E-state index in [1.165, 1.54) is 0 Å². The quantitative estimate of drug-likeness (QED) is 0.655. The minimum atomic E-state index is -0.600. The molecule has 3 nitrogen and oxygen atoms in total. The molecule has 1 aliphatic carbocycles. The van der Waals surface area contributed by atoms with E-state index in [1.807, 2.05) is 20.8 Å². The fraction of sp³-hybridized carbons (Fsp3) is 0.500. The molecule has 1 fully saturated rings. The number of phenols is 1. The highest BCUT2D eigenvalue weighted by Crippen LogP contribution is 2.54. The maximum absolute atomic E-state index is 10.5. The molecule has 2 rings (SSSR count). The van der Waals surface area contributed by atoms with Crippen LogP contribution in [0.15, 0.2) is 17.1 Å². The Bertz CT molecular complexity index is 535. The highest BCUT2D eigenvalue weighted by atomic mass is 35.5. The number of isocyanates is 1. The van der Waals surface area contributed by atoms with E-state index in [2.05, 4.69) is 4.99 Å². The smallest absolute Gasteiger partial charge is 0.235 e. The van der Waals surface area contributed by atoms with Gasteiger partial charge in [-0.2, -0.15) is 4.99 Å². The van der Waals surface area contributed by atoms with Crippen LogP contribution in [0.25, 0.3) is 0 Å². The average Bonchev–Trinajstić information content (AvgIpc) is 3.01. The molecule has 96 valence electrons. The van der Waals surface area contributed by atoms with Gasteiger partial charge in [0.25, 0.3) is 0 Å². The SMILES string of the molecule is CC(C)(C)c1cc(Cl)cc(C2(N=C=O)CC2)c1O. The van der Waals surface area contributed by atoms with Crippen molar-refractivity contribution in [3.63, 3.8) is 0 Å². The Labute approximate surface area is 111 Å². The van der Waals surface area contributed by atoms with Crippen LogP contribution in [-0.2, 0) is 15.7 Å². The van der Waals surface area contributed by atoms with E-state index in [-0.39, 0.29) is 11.2 Å². The van der Waals surface area contributed by atoms with Crippen LogP contribution in [0, 0.1) is 0 Å². The van der Waals surface area contributed by atoms with Gasteiger partial charge in [0.15, 0.2) is 0 Å². The van der Waals surface area contributed by atoms with Gasteiger partial charge in [0.2, 0.25) is 6.08 Å². The molecule has 18 heavy (non-hydrogen) atoms. The Morgan fingerprint density at radius 1 is 1.39 bits per heavy atom. The summed E-state index contributed by atoms with van der Waals surface area (Å²) in [5.41, 5.74) is 0.599. The molecular formula is C14H16ClNO2. The van der Waals surface area contributed by atoms with Gasteiger partial charge in [0.05, 0.1) is 0 Å². The number of phenolic OH excluding ortho intramolecular Hbond substituents is 1. The summed E-state index contributed by atoms with van der Waals surface area (Å²) in [6, 6.07) is 3.46. The number of aromatic hydroxyl groups is 1. The normalized spacial score (nSPS) is 17.1. The van der Waals surface area contributed by atoms with Crippen molar-refractivity contribution in [2.45, 2.75) is 44.6 Å². The van der Waals surface area contributed by atoms with Crippen LogP contribution in [-0.4, -0.2) is 11.2 Å². The van der Waals surface area contributed by atoms with Gasteiger partial charge >= 0.3 is 0 Å². The highest BCUT2D eigenvalue weighted by Gasteiger charge is 2.47. The van der Waals surface area contributed by atoms with Crippen LogP contribution in [0.2, 0.25) is 5.02 Å². The first-order valence-corrected chi connectivity index (χ1v) is 6.30. The molecule has 1 aromatic carbocycles. The molecular weight excluding hydrogens is 250 g/mol. The molecule has 1 saturated carbocycles. The standard InChI is InChI=1S/C14H16ClNO2/c1-13(2,3)10-6-9(15)7-11(12(10)18)14(4-5-14)16-8-17/h6-7,18H,4-5H2,1-3H3. The minimum Gasteiger partial charge on any atom is -0.507 e. The minimum absolute atomic E-state index is 0.198. The first-order chi connectivity index (χ1) is 8.30. The number of rotatable bonds is 2. The summed E-state index contributed by atoms with van der Waals surface area (Å²) in [6.45, 7) is 6.01. The molecule has 1 aromatic rings. The largest absolute Gasteiger partial charge is 0.507 e. The van der Waals surface area contributed by atoms with E-state index >= 15 is 0 Å². The van der Waals surface area contributed by atoms with Crippen molar-refractivity contribution in [2.24, 2.45) is 4.99 Å². The summed E-state index contributed by atoms with van der Waals surface area (Å²) in [5.74, 6) is 0.198. The predicted octanol–water partition coefficient (Wildman–Crippen LogP) is 3.67. The van der Waals surface area contributed by atoms with Crippen LogP contribution >= 0.6 is 11.6 Å². The number of hydrogen-bond donors (Lipinski definition) is 1. The summed E-state index contributed by atoms with van der Waals surface area (Å²) in [4.78, 5) is 14.3. The van der Waals surface area contributed by atoms with E-state index < -0.39 is 5.54 Å². The Hall–Kier alpha value is -1.31. The van der Waals surface area contributed by atoms with Crippen molar-refractivity contribution >= 4 is 17.7 Å². The Balaban J connectivity index is 2.63. The van der Waals surface area contributed by atoms with Crippen LogP contribution in [0.3, 0.4) is 0 Å². The number of aliphatic imine (C=N–C) groups is 1. The second-order valence-electron chi connectivity index (χ2n) is 5.83. The van der Waals surface area contributed by atoms with E-state index in [4.69, 9.17) is 11.6 Å². The van der Waals surface area contributed by atoms with Crippen LogP contribution in [0.4, 0.5) is 0 Å². The van der Waals surface area contributed by atoms with Gasteiger partial charge in [-0.3, -0.25) is 0 Å². The zero-order valence-electron chi connectivity index (χ0n) is 10.7. The third-order valence-electron chi connectivity index (χ3n) is 3.37. The molecule has 0 heterocycles. The third-order valence-corrected chi connectivity index (χ3v) is 3.59. The summed E-state index contributed by atoms with van der Waals surface area (Å²) < 4.78 is 0. The highest BCUT2D eigenvalue weighted by molar-refractivity contribution is 6.30. The summed E-state index contributed by atoms with van der Waals surface area (Å²) in [5, 5.41) is 11.0. The lowest BCUT2D eigenvalue weighted by atomic mass is 9.84. The van der Waals surface area contributed by atoms with Gasteiger partial charge in [0, 0.05) is 16.1 Å². The monoisotopic (exact) mass is 265 g/mol. The van der Waals surface area contributed by atoms with Crippen molar-refractivity contribution in [3.05, 3.63) is 28.3 Å². The molecule has 4 heteroatoms. The molecule has 1 N–H and O–H groups in total. The lowest BCUT2D eigenvalue weighted by Gasteiger charge is -2.24. The zero-order valence-corrected chi connectivity index (χ0v) is 11.5. The Kier molecular flexibility index (Phi) is 3.00. The zero-order chi connectivity index (χ0) is 13.6. The molecule has 0 atom stereocenters. The first kappa shape index (κ1) is 13.1. The molecule has 0 radical (unpaired) electrons. The number of carbonyl (C=O) groups excluding carboxylic acids is 1. The topological polar surface area (TPSA) is 49.7 Å². The van der Waals surface area contributed by atoms with E-state index in [1.54, 1.807) is 18.2 Å². The third kappa shape index (κ3) is 2.16. The number of hydrogen-bond acceptors (Lipinski definition) is 3. The van der Waals surface area contributed by atoms with Crippen molar-refractivity contribution in [1.29, 1.82) is 0 Å². The van der Waals surface area contributed by atoms with Crippen molar-refractivity contribution in [2.75, 3.05) is 0 Å². The lowest BCUT2D eigenvalue weighted by Crippen LogP contribution is -2.14. The maximum atomic E-state index is 10.5. The molecule has 1 aliphatic rings. The molecule has 0 aromatic heterocycles. The Morgan fingerprint density at radius 2 is 2.00 bits per heavy atom. The van der Waals surface area contributed by atoms with Crippen LogP contribution in [0.1, 0.15) is 44.7 Å². The van der Waals surface area contributed by atoms with E-state index in [0.29, 0.717) is 10.6 Å². The van der Waals surface area contributed by atoms with Gasteiger partial charge in [-0.05, 0) is 30.4 Å². The van der Waals surface area contributed by atoms with Gasteiger partial charge < -0.3 is 5.11 Å². The predicted molar refractivity (Wildman–Crippen MR) is 70.9 cm³/mol. The summed E-state index contributed by atoms with van der Waals surface area (Å²) in [6.07, 6.45) is 3.09. The van der Waals surface area contributed by atoms with Crippen LogP contribution < -0.4 is 0 Å². The Morgan fingerprint density at radius 3 is 2.44 bits per heavy atom. The summed E-state index contributed by atoms with van der Waals surface area (Å²) in [7, 11) is 0. The number of halogens is 1. The van der Waals surface area contributed by atoms with Crippen molar-refractivity contribution in [1.82, 2.24) is 0 Å². The average molecular weight is 266 g/mol. The molecule has 0 aliphatic heterocycles. The fourth-order valence-electron chi connectivity index (χ4n) is 2.17. The second-order valence-corrected chi connectivity index (χ2v) is 6.27. The molecule has 0 spiro atoms. The molecule has 0 amide bonds. The van der Waals surface area contributed by atoms with Gasteiger partial charge in [0.1, 0.15) is 11.3 Å². The van der Waals surface area contributed by atoms with E-state index in [9.17, 15) is 9.90 Å². The van der Waals surface area contributed by atoms with Crippen molar-refractivity contribution in [3.8, 4) is 5.75 Å². The second kappa shape index (κ2) is 4.11. The van der Waals surface area contributed by atoms with Crippen LogP contribution in [0.5, 0.6) is 5.75 Å². The van der Waals surface area contributed by atoms with Crippen molar-refractivity contribution < 1.29 is 9.90 Å². The number of nitrogens with zero attached hydrogens (tertiary/aromatic N) is 1. The maximum Gasteiger partial charge on any atom is 0.235 e. The fourth-order valence-corrected chi connectivity index (χ4v) is 2.39. The lowest BCUT2D eigenvalue weighted by molar-refractivity contribution is 0.433. The molecule has 0 bridgehead atoms. The van der Waals surface area contributed by atoms with E-state index in [0.717, 1.165) is 18.4 Å².